The third-order valence-electron chi connectivity index (χ3n) is 4.53. The molecule has 0 unspecified atom stereocenters. The van der Waals surface area contributed by atoms with Gasteiger partial charge >= 0.3 is 5.97 Å². The van der Waals surface area contributed by atoms with E-state index in [1.807, 2.05) is 6.26 Å². The fraction of sp³-hybridized carbons (Fsp3) is 0.952. The van der Waals surface area contributed by atoms with Crippen molar-refractivity contribution in [3.05, 3.63) is 0 Å². The fourth-order valence-electron chi connectivity index (χ4n) is 2.95. The molecule has 0 radical (unpaired) electrons. The Morgan fingerprint density at radius 1 is 0.708 bits per heavy atom. The number of hydrogen-bond donors (Lipinski definition) is 0. The summed E-state index contributed by atoms with van der Waals surface area (Å²) in [4.78, 5) is 11.4. The first-order valence-electron chi connectivity index (χ1n) is 10.5. The van der Waals surface area contributed by atoms with Crippen LogP contribution in [0.3, 0.4) is 0 Å². The average Bonchev–Trinajstić information content (AvgIpc) is 2.58. The molecule has 0 spiro atoms. The molecule has 0 aliphatic carbocycles. The van der Waals surface area contributed by atoms with E-state index < -0.39 is 0 Å². The van der Waals surface area contributed by atoms with Crippen LogP contribution >= 0.6 is 11.8 Å². The van der Waals surface area contributed by atoms with Gasteiger partial charge in [-0.05, 0) is 12.7 Å². The normalized spacial score (nSPS) is 10.9. The minimum absolute atomic E-state index is 0.0151. The number of carbonyl (C=O) groups excluding carboxylic acids is 1. The molecule has 3 heteroatoms. The second-order valence-corrected chi connectivity index (χ2v) is 7.90. The van der Waals surface area contributed by atoms with Crippen LogP contribution in [0, 0.1) is 0 Å². The van der Waals surface area contributed by atoms with Crippen molar-refractivity contribution in [1.29, 1.82) is 0 Å². The molecular formula is C21H42O2S. The van der Waals surface area contributed by atoms with Gasteiger partial charge < -0.3 is 4.74 Å². The Morgan fingerprint density at radius 3 is 1.54 bits per heavy atom. The van der Waals surface area contributed by atoms with E-state index >= 15 is 0 Å². The number of carbonyl (C=O) groups is 1. The molecule has 0 heterocycles. The highest BCUT2D eigenvalue weighted by Gasteiger charge is 2.01. The van der Waals surface area contributed by atoms with E-state index in [4.69, 9.17) is 4.74 Å². The number of esters is 1. The topological polar surface area (TPSA) is 26.3 Å². The highest BCUT2D eigenvalue weighted by Crippen LogP contribution is 2.13. The van der Waals surface area contributed by atoms with Gasteiger partial charge in [-0.1, -0.05) is 96.8 Å². The smallest absolute Gasteiger partial charge is 0.305 e. The van der Waals surface area contributed by atoms with Crippen molar-refractivity contribution in [2.75, 3.05) is 18.6 Å². The molecule has 0 N–H and O–H groups in total. The molecule has 144 valence electrons. The number of hydrogen-bond acceptors (Lipinski definition) is 3. The zero-order chi connectivity index (χ0) is 17.7. The number of thioether (sulfide) groups is 1. The van der Waals surface area contributed by atoms with Gasteiger partial charge in [0.25, 0.3) is 0 Å². The van der Waals surface area contributed by atoms with Crippen molar-refractivity contribution in [1.82, 2.24) is 0 Å². The third kappa shape index (κ3) is 19.9. The SMILES string of the molecule is CCCCCCCCCCCCCCCCCC(=O)OCCSC. The number of ether oxygens (including phenoxy) is 1. The predicted molar refractivity (Wildman–Crippen MR) is 109 cm³/mol. The van der Waals surface area contributed by atoms with E-state index in [1.165, 1.54) is 89.9 Å². The van der Waals surface area contributed by atoms with Crippen molar-refractivity contribution in [3.63, 3.8) is 0 Å². The lowest BCUT2D eigenvalue weighted by Gasteiger charge is -2.04. The Hall–Kier alpha value is -0.180. The van der Waals surface area contributed by atoms with E-state index in [0.717, 1.165) is 12.2 Å². The maximum Gasteiger partial charge on any atom is 0.305 e. The quantitative estimate of drug-likeness (QED) is 0.181. The molecule has 0 aromatic carbocycles. The van der Waals surface area contributed by atoms with Gasteiger partial charge in [0.05, 0.1) is 0 Å². The van der Waals surface area contributed by atoms with Crippen LogP contribution in [0.5, 0.6) is 0 Å². The van der Waals surface area contributed by atoms with Crippen LogP contribution in [-0.2, 0) is 9.53 Å². The van der Waals surface area contributed by atoms with E-state index in [2.05, 4.69) is 6.92 Å². The van der Waals surface area contributed by atoms with Crippen LogP contribution in [0.1, 0.15) is 110 Å². The minimum Gasteiger partial charge on any atom is -0.465 e. The van der Waals surface area contributed by atoms with Gasteiger partial charge in [-0.2, -0.15) is 11.8 Å². The van der Waals surface area contributed by atoms with Gasteiger partial charge in [0.15, 0.2) is 0 Å². The highest BCUT2D eigenvalue weighted by molar-refractivity contribution is 7.98. The standard InChI is InChI=1S/C21H42O2S/c1-3-4-5-6-7-8-9-10-11-12-13-14-15-16-17-18-21(22)23-19-20-24-2/h3-20H2,1-2H3. The van der Waals surface area contributed by atoms with Gasteiger partial charge in [0.2, 0.25) is 0 Å². The van der Waals surface area contributed by atoms with E-state index in [9.17, 15) is 4.79 Å². The predicted octanol–water partition coefficient (Wildman–Crippen LogP) is 7.15. The van der Waals surface area contributed by atoms with Gasteiger partial charge in [0, 0.05) is 12.2 Å². The summed E-state index contributed by atoms with van der Waals surface area (Å²) in [7, 11) is 0. The molecule has 0 aromatic rings. The summed E-state index contributed by atoms with van der Waals surface area (Å²) in [5.74, 6) is 0.892. The fourth-order valence-corrected chi connectivity index (χ4v) is 3.20. The van der Waals surface area contributed by atoms with Gasteiger partial charge in [-0.25, -0.2) is 0 Å². The van der Waals surface area contributed by atoms with Crippen molar-refractivity contribution >= 4 is 17.7 Å². The Balaban J connectivity index is 3.06. The lowest BCUT2D eigenvalue weighted by atomic mass is 10.0. The molecule has 0 aliphatic heterocycles. The highest BCUT2D eigenvalue weighted by atomic mass is 32.2. The summed E-state index contributed by atoms with van der Waals surface area (Å²) >= 11 is 1.72. The Kier molecular flexibility index (Phi) is 20.7. The van der Waals surface area contributed by atoms with E-state index in [0.29, 0.717) is 13.0 Å². The summed E-state index contributed by atoms with van der Waals surface area (Å²) < 4.78 is 5.14. The first-order chi connectivity index (χ1) is 11.8. The number of unbranched alkanes of at least 4 members (excludes halogenated alkanes) is 14. The monoisotopic (exact) mass is 358 g/mol. The van der Waals surface area contributed by atoms with Crippen LogP contribution in [0.4, 0.5) is 0 Å². The van der Waals surface area contributed by atoms with Crippen molar-refractivity contribution in [2.45, 2.75) is 110 Å². The zero-order valence-electron chi connectivity index (χ0n) is 16.5. The maximum atomic E-state index is 11.4. The molecule has 24 heavy (non-hydrogen) atoms. The Labute approximate surface area is 155 Å². The van der Waals surface area contributed by atoms with Gasteiger partial charge in [-0.15, -0.1) is 0 Å². The summed E-state index contributed by atoms with van der Waals surface area (Å²) in [6.45, 7) is 2.85. The van der Waals surface area contributed by atoms with Crippen LogP contribution in [0.2, 0.25) is 0 Å². The van der Waals surface area contributed by atoms with Crippen LogP contribution in [0.15, 0.2) is 0 Å². The summed E-state index contributed by atoms with van der Waals surface area (Å²) in [6, 6.07) is 0. The lowest BCUT2D eigenvalue weighted by Crippen LogP contribution is -2.06. The van der Waals surface area contributed by atoms with Crippen molar-refractivity contribution in [3.8, 4) is 0 Å². The first kappa shape index (κ1) is 23.8. The van der Waals surface area contributed by atoms with Crippen LogP contribution in [-0.4, -0.2) is 24.6 Å². The summed E-state index contributed by atoms with van der Waals surface area (Å²) in [5.41, 5.74) is 0. The summed E-state index contributed by atoms with van der Waals surface area (Å²) in [5, 5.41) is 0. The Bertz CT molecular complexity index is 256. The molecule has 0 rings (SSSR count). The lowest BCUT2D eigenvalue weighted by molar-refractivity contribution is -0.143. The second kappa shape index (κ2) is 20.9. The first-order valence-corrected chi connectivity index (χ1v) is 11.8. The minimum atomic E-state index is -0.0151. The largest absolute Gasteiger partial charge is 0.465 e. The van der Waals surface area contributed by atoms with Crippen LogP contribution < -0.4 is 0 Å². The van der Waals surface area contributed by atoms with E-state index in [-0.39, 0.29) is 5.97 Å². The molecule has 0 fully saturated rings. The summed E-state index contributed by atoms with van der Waals surface area (Å²) in [6.07, 6.45) is 23.0. The van der Waals surface area contributed by atoms with E-state index in [1.54, 1.807) is 11.8 Å². The maximum absolute atomic E-state index is 11.4. The average molecular weight is 359 g/mol. The molecular weight excluding hydrogens is 316 g/mol. The third-order valence-corrected chi connectivity index (χ3v) is 5.11. The second-order valence-electron chi connectivity index (χ2n) is 6.91. The Morgan fingerprint density at radius 2 is 1.12 bits per heavy atom. The molecule has 0 saturated heterocycles. The molecule has 2 nitrogen and oxygen atoms in total. The molecule has 0 bridgehead atoms. The van der Waals surface area contributed by atoms with Crippen molar-refractivity contribution in [2.24, 2.45) is 0 Å². The molecule has 0 amide bonds. The molecule has 0 saturated carbocycles. The molecule has 0 aliphatic rings. The van der Waals surface area contributed by atoms with Crippen LogP contribution in [0.25, 0.3) is 0 Å². The van der Waals surface area contributed by atoms with Crippen molar-refractivity contribution < 1.29 is 9.53 Å². The zero-order valence-corrected chi connectivity index (χ0v) is 17.3. The molecule has 0 aromatic heterocycles. The van der Waals surface area contributed by atoms with Gasteiger partial charge in [0.1, 0.15) is 6.61 Å². The number of rotatable bonds is 19. The molecule has 0 atom stereocenters. The van der Waals surface area contributed by atoms with Gasteiger partial charge in [-0.3, -0.25) is 4.79 Å².